The summed E-state index contributed by atoms with van der Waals surface area (Å²) in [6.07, 6.45) is 0. The molecule has 0 nitrogen and oxygen atoms in total. The highest BCUT2D eigenvalue weighted by molar-refractivity contribution is 9.11. The number of fused-ring (bicyclic) bond motifs is 16. The minimum atomic E-state index is -0.419. The Morgan fingerprint density at radius 2 is 0.600 bits per heavy atom. The van der Waals surface area contributed by atoms with Crippen molar-refractivity contribution in [2.75, 3.05) is 0 Å². The van der Waals surface area contributed by atoms with Crippen LogP contribution in [0.3, 0.4) is 0 Å². The van der Waals surface area contributed by atoms with Gasteiger partial charge in [-0.2, -0.15) is 0 Å². The Balaban J connectivity index is 1.54. The molecular formula is C38H22Br2. The zero-order valence-electron chi connectivity index (χ0n) is 21.5. The van der Waals surface area contributed by atoms with E-state index in [0.29, 0.717) is 0 Å². The summed E-state index contributed by atoms with van der Waals surface area (Å²) in [6, 6.07) is 49.9. The molecule has 40 heavy (non-hydrogen) atoms. The van der Waals surface area contributed by atoms with Crippen LogP contribution in [0.25, 0.3) is 22.3 Å². The van der Waals surface area contributed by atoms with Crippen LogP contribution in [0.5, 0.6) is 0 Å². The highest BCUT2D eigenvalue weighted by atomic mass is 79.9. The molecule has 0 amide bonds. The number of hydrogen-bond acceptors (Lipinski definition) is 0. The van der Waals surface area contributed by atoms with Crippen LogP contribution in [0.4, 0.5) is 0 Å². The van der Waals surface area contributed by atoms with Gasteiger partial charge in [0.15, 0.2) is 0 Å². The lowest BCUT2D eigenvalue weighted by Gasteiger charge is -2.48. The summed E-state index contributed by atoms with van der Waals surface area (Å²) in [6.45, 7) is 0. The molecule has 3 aliphatic carbocycles. The molecule has 0 heterocycles. The minimum Gasteiger partial charge on any atom is -0.0619 e. The fourth-order valence-electron chi connectivity index (χ4n) is 8.29. The van der Waals surface area contributed by atoms with Crippen molar-refractivity contribution in [1.29, 1.82) is 0 Å². The first kappa shape index (κ1) is 23.0. The van der Waals surface area contributed by atoms with Gasteiger partial charge >= 0.3 is 0 Å². The predicted molar refractivity (Wildman–Crippen MR) is 170 cm³/mol. The van der Waals surface area contributed by atoms with Crippen molar-refractivity contribution in [2.24, 2.45) is 0 Å². The minimum absolute atomic E-state index is 0.419. The number of rotatable bonds is 0. The summed E-state index contributed by atoms with van der Waals surface area (Å²) in [4.78, 5) is 0. The Morgan fingerprint density at radius 1 is 0.300 bits per heavy atom. The molecular weight excluding hydrogens is 616 g/mol. The molecule has 2 heteroatoms. The lowest BCUT2D eigenvalue weighted by atomic mass is 9.52. The van der Waals surface area contributed by atoms with E-state index in [1.807, 2.05) is 0 Å². The van der Waals surface area contributed by atoms with Crippen LogP contribution in [0.15, 0.2) is 142 Å². The Morgan fingerprint density at radius 3 is 0.975 bits per heavy atom. The van der Waals surface area contributed by atoms with Crippen molar-refractivity contribution in [1.82, 2.24) is 0 Å². The van der Waals surface area contributed by atoms with Crippen molar-refractivity contribution in [3.05, 3.63) is 187 Å². The quantitative estimate of drug-likeness (QED) is 0.155. The molecule has 3 aliphatic rings. The zero-order chi connectivity index (χ0) is 26.6. The third-order valence-electron chi connectivity index (χ3n) is 9.51. The van der Waals surface area contributed by atoms with Crippen molar-refractivity contribution in [3.8, 4) is 22.3 Å². The molecule has 2 spiro atoms. The van der Waals surface area contributed by atoms with E-state index in [4.69, 9.17) is 0 Å². The summed E-state index contributed by atoms with van der Waals surface area (Å²) in [7, 11) is 0. The SMILES string of the molecule is Brc1cccc2c1-c1ccccc1C21c2ccccc2C2(c3ccccc3-c3c(Br)cccc32)c2ccccc21. The number of benzene rings is 6. The fourth-order valence-corrected chi connectivity index (χ4v) is 9.45. The van der Waals surface area contributed by atoms with Gasteiger partial charge in [-0.25, -0.2) is 0 Å². The average molecular weight is 638 g/mol. The van der Waals surface area contributed by atoms with Gasteiger partial charge in [0.1, 0.15) is 0 Å². The second kappa shape index (κ2) is 7.94. The van der Waals surface area contributed by atoms with Crippen LogP contribution in [0.1, 0.15) is 44.5 Å². The molecule has 0 N–H and O–H groups in total. The molecule has 0 saturated carbocycles. The van der Waals surface area contributed by atoms with E-state index >= 15 is 0 Å². The van der Waals surface area contributed by atoms with Crippen molar-refractivity contribution in [2.45, 2.75) is 10.8 Å². The maximum absolute atomic E-state index is 3.95. The lowest BCUT2D eigenvalue weighted by molar-refractivity contribution is 0.632. The molecule has 0 unspecified atom stereocenters. The normalized spacial score (nSPS) is 20.4. The van der Waals surface area contributed by atoms with Gasteiger partial charge in [-0.05, 0) is 67.8 Å². The van der Waals surface area contributed by atoms with Gasteiger partial charge in [0.05, 0.1) is 10.8 Å². The van der Waals surface area contributed by atoms with Crippen LogP contribution in [-0.2, 0) is 10.8 Å². The smallest absolute Gasteiger partial charge is 0.0619 e. The Labute approximate surface area is 250 Å². The Kier molecular flexibility index (Phi) is 4.57. The van der Waals surface area contributed by atoms with Gasteiger partial charge in [0.25, 0.3) is 0 Å². The second-order valence-electron chi connectivity index (χ2n) is 11.0. The monoisotopic (exact) mass is 636 g/mol. The number of hydrogen-bond donors (Lipinski definition) is 0. The first-order valence-corrected chi connectivity index (χ1v) is 15.3. The molecule has 6 aromatic carbocycles. The standard InChI is InChI=1S/C38H22Br2/c39-33-21-9-19-31-35(33)23-11-1-3-13-25(23)37(31)27-15-5-7-17-29(27)38(30-18-8-6-16-28(30)37)26-14-4-2-12-24(26)36-32(38)20-10-22-34(36)40/h1-22H. The second-order valence-corrected chi connectivity index (χ2v) is 12.7. The molecule has 188 valence electrons. The summed E-state index contributed by atoms with van der Waals surface area (Å²) >= 11 is 7.90. The van der Waals surface area contributed by atoms with Crippen LogP contribution in [0.2, 0.25) is 0 Å². The first-order valence-electron chi connectivity index (χ1n) is 13.7. The van der Waals surface area contributed by atoms with Gasteiger partial charge in [0.2, 0.25) is 0 Å². The van der Waals surface area contributed by atoms with Crippen LogP contribution >= 0.6 is 31.9 Å². The van der Waals surface area contributed by atoms with Gasteiger partial charge in [-0.15, -0.1) is 0 Å². The molecule has 9 rings (SSSR count). The molecule has 0 fully saturated rings. The van der Waals surface area contributed by atoms with Crippen molar-refractivity contribution in [3.63, 3.8) is 0 Å². The highest BCUT2D eigenvalue weighted by Crippen LogP contribution is 2.68. The van der Waals surface area contributed by atoms with E-state index in [2.05, 4.69) is 165 Å². The van der Waals surface area contributed by atoms with Crippen LogP contribution in [-0.4, -0.2) is 0 Å². The zero-order valence-corrected chi connectivity index (χ0v) is 24.6. The van der Waals surface area contributed by atoms with Gasteiger partial charge < -0.3 is 0 Å². The van der Waals surface area contributed by atoms with Crippen LogP contribution in [0, 0.1) is 0 Å². The molecule has 0 bridgehead atoms. The largest absolute Gasteiger partial charge is 0.0720 e. The summed E-state index contributed by atoms with van der Waals surface area (Å²) in [5, 5.41) is 0. The third kappa shape index (κ3) is 2.46. The van der Waals surface area contributed by atoms with E-state index < -0.39 is 10.8 Å². The van der Waals surface area contributed by atoms with Gasteiger partial charge in [-0.3, -0.25) is 0 Å². The molecule has 6 aromatic rings. The van der Waals surface area contributed by atoms with E-state index in [9.17, 15) is 0 Å². The average Bonchev–Trinajstić information content (AvgIpc) is 3.47. The molecule has 0 aromatic heterocycles. The first-order chi connectivity index (χ1) is 19.7. The topological polar surface area (TPSA) is 0 Å². The van der Waals surface area contributed by atoms with Crippen molar-refractivity contribution < 1.29 is 0 Å². The number of halogens is 2. The van der Waals surface area contributed by atoms with Crippen molar-refractivity contribution >= 4 is 31.9 Å². The van der Waals surface area contributed by atoms with E-state index in [1.165, 1.54) is 66.8 Å². The van der Waals surface area contributed by atoms with E-state index in [0.717, 1.165) is 8.95 Å². The molecule has 0 aliphatic heterocycles. The van der Waals surface area contributed by atoms with E-state index in [1.54, 1.807) is 0 Å². The molecule has 0 saturated heterocycles. The third-order valence-corrected chi connectivity index (χ3v) is 10.8. The summed E-state index contributed by atoms with van der Waals surface area (Å²) < 4.78 is 2.29. The lowest BCUT2D eigenvalue weighted by Crippen LogP contribution is -2.43. The summed E-state index contributed by atoms with van der Waals surface area (Å²) in [5.74, 6) is 0. The predicted octanol–water partition coefficient (Wildman–Crippen LogP) is 10.3. The molecule has 0 atom stereocenters. The van der Waals surface area contributed by atoms with Gasteiger partial charge in [-0.1, -0.05) is 153 Å². The van der Waals surface area contributed by atoms with Crippen LogP contribution < -0.4 is 0 Å². The summed E-state index contributed by atoms with van der Waals surface area (Å²) in [5.41, 5.74) is 15.2. The van der Waals surface area contributed by atoms with Gasteiger partial charge in [0, 0.05) is 20.1 Å². The Hall–Kier alpha value is -3.72. The fraction of sp³-hybridized carbons (Fsp3) is 0.0526. The molecule has 0 radical (unpaired) electrons. The highest BCUT2D eigenvalue weighted by Gasteiger charge is 2.59. The Bertz CT molecular complexity index is 1860. The maximum atomic E-state index is 3.95. The maximum Gasteiger partial charge on any atom is 0.0720 e. The van der Waals surface area contributed by atoms with E-state index in [-0.39, 0.29) is 0 Å².